The number of carboxylic acids is 1. The van der Waals surface area contributed by atoms with E-state index in [1.165, 1.54) is 0 Å². The first-order valence-electron chi connectivity index (χ1n) is 6.15. The summed E-state index contributed by atoms with van der Waals surface area (Å²) < 4.78 is 0. The zero-order valence-electron chi connectivity index (χ0n) is 10.8. The molecule has 2 N–H and O–H groups in total. The van der Waals surface area contributed by atoms with Gasteiger partial charge in [-0.05, 0) is 18.6 Å². The van der Waals surface area contributed by atoms with Gasteiger partial charge in [0.05, 0.1) is 0 Å². The summed E-state index contributed by atoms with van der Waals surface area (Å²) in [7, 11) is 0. The highest BCUT2D eigenvalue weighted by molar-refractivity contribution is 5.96. The van der Waals surface area contributed by atoms with Crippen molar-refractivity contribution < 1.29 is 19.5 Å². The molecule has 0 spiro atoms. The van der Waals surface area contributed by atoms with Gasteiger partial charge in [-0.15, -0.1) is 0 Å². The van der Waals surface area contributed by atoms with Gasteiger partial charge in [0.25, 0.3) is 5.91 Å². The molecule has 0 unspecified atom stereocenters. The Labute approximate surface area is 111 Å². The Hall–Kier alpha value is -2.17. The molecule has 0 aromatic heterocycles. The Morgan fingerprint density at radius 1 is 1.21 bits per heavy atom. The molecule has 0 heterocycles. The second-order valence-corrected chi connectivity index (χ2v) is 4.16. The molecule has 1 rings (SSSR count). The lowest BCUT2D eigenvalue weighted by Gasteiger charge is -2.13. The number of nitrogens with one attached hydrogen (secondary N) is 1. The molecule has 102 valence electrons. The molecule has 0 aliphatic rings. The first kappa shape index (κ1) is 14.9. The van der Waals surface area contributed by atoms with Crippen LogP contribution >= 0.6 is 0 Å². The number of aliphatic carboxylic acids is 1. The van der Waals surface area contributed by atoms with Crippen molar-refractivity contribution in [2.75, 3.05) is 0 Å². The van der Waals surface area contributed by atoms with Gasteiger partial charge in [0.1, 0.15) is 11.8 Å². The smallest absolute Gasteiger partial charge is 0.326 e. The van der Waals surface area contributed by atoms with Gasteiger partial charge >= 0.3 is 5.97 Å². The van der Waals surface area contributed by atoms with Crippen molar-refractivity contribution in [2.24, 2.45) is 0 Å². The van der Waals surface area contributed by atoms with E-state index in [0.717, 1.165) is 0 Å². The molecule has 0 fully saturated rings. The molecule has 0 bridgehead atoms. The molecule has 1 aromatic carbocycles. The summed E-state index contributed by atoms with van der Waals surface area (Å²) in [6, 6.07) is 7.34. The van der Waals surface area contributed by atoms with Gasteiger partial charge in [0.15, 0.2) is 0 Å². The van der Waals surface area contributed by atoms with E-state index in [4.69, 9.17) is 5.11 Å². The van der Waals surface area contributed by atoms with E-state index in [2.05, 4.69) is 5.32 Å². The molecule has 0 aliphatic heterocycles. The molecule has 5 heteroatoms. The second-order valence-electron chi connectivity index (χ2n) is 4.16. The van der Waals surface area contributed by atoms with Gasteiger partial charge in [0.2, 0.25) is 0 Å². The van der Waals surface area contributed by atoms with Gasteiger partial charge in [-0.25, -0.2) is 4.79 Å². The number of carbonyl (C=O) groups excluding carboxylic acids is 2. The summed E-state index contributed by atoms with van der Waals surface area (Å²) in [6.45, 7) is 1.72. The summed E-state index contributed by atoms with van der Waals surface area (Å²) in [4.78, 5) is 34.0. The van der Waals surface area contributed by atoms with Gasteiger partial charge < -0.3 is 10.4 Å². The largest absolute Gasteiger partial charge is 0.480 e. The van der Waals surface area contributed by atoms with Crippen LogP contribution in [-0.2, 0) is 9.59 Å². The average Bonchev–Trinajstić information content (AvgIpc) is 2.43. The lowest BCUT2D eigenvalue weighted by Crippen LogP contribution is -2.41. The van der Waals surface area contributed by atoms with Gasteiger partial charge in [-0.3, -0.25) is 9.59 Å². The highest BCUT2D eigenvalue weighted by atomic mass is 16.4. The molecule has 1 atom stereocenters. The lowest BCUT2D eigenvalue weighted by molar-refractivity contribution is -0.139. The third-order valence-electron chi connectivity index (χ3n) is 2.75. The Morgan fingerprint density at radius 3 is 2.37 bits per heavy atom. The summed E-state index contributed by atoms with van der Waals surface area (Å²) in [5.41, 5.74) is 0.399. The maximum absolute atomic E-state index is 11.8. The highest BCUT2D eigenvalue weighted by Gasteiger charge is 2.21. The summed E-state index contributed by atoms with van der Waals surface area (Å²) >= 11 is 0. The third-order valence-corrected chi connectivity index (χ3v) is 2.75. The predicted octanol–water partition coefficient (Wildman–Crippen LogP) is 1.63. The van der Waals surface area contributed by atoms with Crippen LogP contribution in [0.5, 0.6) is 0 Å². The van der Waals surface area contributed by atoms with Gasteiger partial charge in [-0.1, -0.05) is 25.1 Å². The molecule has 19 heavy (non-hydrogen) atoms. The maximum Gasteiger partial charge on any atom is 0.326 e. The fourth-order valence-corrected chi connectivity index (χ4v) is 1.57. The lowest BCUT2D eigenvalue weighted by atomic mass is 10.1. The number of amides is 1. The van der Waals surface area contributed by atoms with Crippen LogP contribution in [-0.4, -0.2) is 28.8 Å². The molecule has 0 saturated carbocycles. The fourth-order valence-electron chi connectivity index (χ4n) is 1.57. The van der Waals surface area contributed by atoms with Crippen LogP contribution in [0.15, 0.2) is 30.3 Å². The standard InChI is InChI=1S/C14H17NO4/c1-2-11(16)8-9-12(14(18)19)15-13(17)10-6-4-3-5-7-10/h3-7,12H,2,8-9H2,1H3,(H,15,17)(H,18,19)/t12-/m1/s1. The van der Waals surface area contributed by atoms with E-state index in [1.54, 1.807) is 37.3 Å². The van der Waals surface area contributed by atoms with Crippen LogP contribution in [0, 0.1) is 0 Å². The Balaban J connectivity index is 2.61. The Morgan fingerprint density at radius 2 is 1.84 bits per heavy atom. The molecular weight excluding hydrogens is 246 g/mol. The molecule has 0 saturated heterocycles. The van der Waals surface area contributed by atoms with E-state index >= 15 is 0 Å². The van der Waals surface area contributed by atoms with Crippen molar-refractivity contribution in [1.29, 1.82) is 0 Å². The monoisotopic (exact) mass is 263 g/mol. The Bertz CT molecular complexity index is 456. The van der Waals surface area contributed by atoms with Crippen molar-refractivity contribution in [3.63, 3.8) is 0 Å². The topological polar surface area (TPSA) is 83.5 Å². The number of hydrogen-bond acceptors (Lipinski definition) is 3. The zero-order chi connectivity index (χ0) is 14.3. The number of rotatable bonds is 7. The summed E-state index contributed by atoms with van der Waals surface area (Å²) in [5, 5.41) is 11.5. The highest BCUT2D eigenvalue weighted by Crippen LogP contribution is 2.04. The normalized spacial score (nSPS) is 11.6. The third kappa shape index (κ3) is 4.91. The summed E-state index contributed by atoms with van der Waals surface area (Å²) in [5.74, 6) is -1.59. The average molecular weight is 263 g/mol. The predicted molar refractivity (Wildman–Crippen MR) is 69.9 cm³/mol. The van der Waals surface area contributed by atoms with Crippen molar-refractivity contribution in [3.05, 3.63) is 35.9 Å². The van der Waals surface area contributed by atoms with E-state index in [-0.39, 0.29) is 18.6 Å². The molecule has 1 amide bonds. The number of ketones is 1. The number of carbonyl (C=O) groups is 3. The second kappa shape index (κ2) is 7.31. The van der Waals surface area contributed by atoms with Crippen LogP contribution in [0.1, 0.15) is 36.5 Å². The van der Waals surface area contributed by atoms with Crippen molar-refractivity contribution in [1.82, 2.24) is 5.32 Å². The number of benzene rings is 1. The molecule has 0 radical (unpaired) electrons. The number of hydrogen-bond donors (Lipinski definition) is 2. The number of Topliss-reactive ketones (excluding diaryl/α,β-unsaturated/α-hetero) is 1. The molecular formula is C14H17NO4. The minimum absolute atomic E-state index is 0.0137. The minimum atomic E-state index is -1.13. The van der Waals surface area contributed by atoms with Crippen LogP contribution in [0.3, 0.4) is 0 Å². The number of carboxylic acid groups (broad SMARTS) is 1. The molecule has 5 nitrogen and oxygen atoms in total. The van der Waals surface area contributed by atoms with Gasteiger partial charge in [-0.2, -0.15) is 0 Å². The minimum Gasteiger partial charge on any atom is -0.480 e. The first-order chi connectivity index (χ1) is 9.04. The van der Waals surface area contributed by atoms with E-state index in [9.17, 15) is 14.4 Å². The fraction of sp³-hybridized carbons (Fsp3) is 0.357. The van der Waals surface area contributed by atoms with Crippen molar-refractivity contribution in [3.8, 4) is 0 Å². The summed E-state index contributed by atoms with van der Waals surface area (Å²) in [6.07, 6.45) is 0.641. The quantitative estimate of drug-likeness (QED) is 0.783. The van der Waals surface area contributed by atoms with E-state index < -0.39 is 17.9 Å². The first-order valence-corrected chi connectivity index (χ1v) is 6.15. The van der Waals surface area contributed by atoms with Crippen LogP contribution in [0.4, 0.5) is 0 Å². The van der Waals surface area contributed by atoms with Crippen molar-refractivity contribution in [2.45, 2.75) is 32.2 Å². The zero-order valence-corrected chi connectivity index (χ0v) is 10.8. The van der Waals surface area contributed by atoms with E-state index in [0.29, 0.717) is 12.0 Å². The molecule has 1 aromatic rings. The Kier molecular flexibility index (Phi) is 5.73. The van der Waals surface area contributed by atoms with Crippen molar-refractivity contribution >= 4 is 17.7 Å². The van der Waals surface area contributed by atoms with E-state index in [1.807, 2.05) is 0 Å². The van der Waals surface area contributed by atoms with Crippen LogP contribution in [0.25, 0.3) is 0 Å². The van der Waals surface area contributed by atoms with Gasteiger partial charge in [0, 0.05) is 18.4 Å². The molecule has 0 aliphatic carbocycles. The van der Waals surface area contributed by atoms with Crippen LogP contribution in [0.2, 0.25) is 0 Å². The SMILES string of the molecule is CCC(=O)CC[C@@H](NC(=O)c1ccccc1)C(=O)O. The van der Waals surface area contributed by atoms with Crippen LogP contribution < -0.4 is 5.32 Å². The maximum atomic E-state index is 11.8.